The first kappa shape index (κ1) is 21.4. The number of hydrogen-bond acceptors (Lipinski definition) is 5. The molecule has 0 aliphatic heterocycles. The lowest BCUT2D eigenvalue weighted by molar-refractivity contribution is -0.137. The van der Waals surface area contributed by atoms with Gasteiger partial charge < -0.3 is 15.4 Å². The van der Waals surface area contributed by atoms with Gasteiger partial charge in [0.1, 0.15) is 17.1 Å². The molecule has 0 radical (unpaired) electrons. The molecule has 5 nitrogen and oxygen atoms in total. The van der Waals surface area contributed by atoms with Gasteiger partial charge in [0.25, 0.3) is 0 Å². The highest BCUT2D eigenvalue weighted by Gasteiger charge is 2.35. The van der Waals surface area contributed by atoms with E-state index in [1.807, 2.05) is 39.0 Å². The van der Waals surface area contributed by atoms with Crippen LogP contribution < -0.4 is 15.4 Å². The summed E-state index contributed by atoms with van der Waals surface area (Å²) in [7, 11) is 0. The molecule has 0 bridgehead atoms. The number of nitrogens with one attached hydrogen (secondary N) is 2. The molecule has 0 aliphatic rings. The Bertz CT molecular complexity index is 990. The van der Waals surface area contributed by atoms with Crippen LogP contribution >= 0.6 is 0 Å². The van der Waals surface area contributed by atoms with E-state index in [1.165, 1.54) is 0 Å². The Balaban J connectivity index is 1.87. The highest BCUT2D eigenvalue weighted by Crippen LogP contribution is 2.35. The molecule has 158 valence electrons. The van der Waals surface area contributed by atoms with E-state index in [-0.39, 0.29) is 17.9 Å². The van der Waals surface area contributed by atoms with Crippen LogP contribution in [0.4, 0.5) is 36.3 Å². The second-order valence-corrected chi connectivity index (χ2v) is 6.88. The molecule has 2 aromatic carbocycles. The molecule has 1 heterocycles. The Kier molecular flexibility index (Phi) is 6.44. The third-order valence-corrected chi connectivity index (χ3v) is 4.51. The van der Waals surface area contributed by atoms with Gasteiger partial charge in [0, 0.05) is 17.6 Å². The Morgan fingerprint density at radius 1 is 1.03 bits per heavy atom. The van der Waals surface area contributed by atoms with Crippen molar-refractivity contribution in [3.63, 3.8) is 0 Å². The van der Waals surface area contributed by atoms with Crippen LogP contribution in [-0.2, 0) is 6.18 Å². The summed E-state index contributed by atoms with van der Waals surface area (Å²) in [4.78, 5) is 7.91. The van der Waals surface area contributed by atoms with Crippen LogP contribution in [0.5, 0.6) is 5.75 Å². The van der Waals surface area contributed by atoms with Crippen LogP contribution in [0.1, 0.15) is 31.4 Å². The maximum absolute atomic E-state index is 13.5. The fourth-order valence-electron chi connectivity index (χ4n) is 2.65. The molecular weight excluding hydrogens is 393 g/mol. The SMILES string of the molecule is CCC(C)Oc1ccc(Nc2nc(Nc3ccccc3C)ncc2C(F)(F)F)cc1. The summed E-state index contributed by atoms with van der Waals surface area (Å²) in [6, 6.07) is 14.1. The lowest BCUT2D eigenvalue weighted by Crippen LogP contribution is -2.13. The van der Waals surface area contributed by atoms with E-state index in [2.05, 4.69) is 20.6 Å². The van der Waals surface area contributed by atoms with Crippen molar-refractivity contribution in [2.24, 2.45) is 0 Å². The van der Waals surface area contributed by atoms with E-state index < -0.39 is 11.7 Å². The normalized spacial score (nSPS) is 12.3. The lowest BCUT2D eigenvalue weighted by Gasteiger charge is -2.16. The molecule has 3 aromatic rings. The summed E-state index contributed by atoms with van der Waals surface area (Å²) < 4.78 is 46.1. The molecule has 1 atom stereocenters. The van der Waals surface area contributed by atoms with Gasteiger partial charge in [-0.05, 0) is 56.2 Å². The number of ether oxygens (including phenoxy) is 1. The Morgan fingerprint density at radius 2 is 1.73 bits per heavy atom. The van der Waals surface area contributed by atoms with Gasteiger partial charge in [-0.2, -0.15) is 18.2 Å². The van der Waals surface area contributed by atoms with Crippen molar-refractivity contribution >= 4 is 23.1 Å². The average Bonchev–Trinajstić information content (AvgIpc) is 2.70. The zero-order chi connectivity index (χ0) is 21.7. The number of aromatic nitrogens is 2. The molecule has 0 amide bonds. The first-order valence-electron chi connectivity index (χ1n) is 9.57. The Morgan fingerprint density at radius 3 is 2.37 bits per heavy atom. The molecule has 2 N–H and O–H groups in total. The van der Waals surface area contributed by atoms with Crippen molar-refractivity contribution in [3.8, 4) is 5.75 Å². The van der Waals surface area contributed by atoms with Gasteiger partial charge in [-0.25, -0.2) is 4.98 Å². The largest absolute Gasteiger partial charge is 0.491 e. The third-order valence-electron chi connectivity index (χ3n) is 4.51. The van der Waals surface area contributed by atoms with Crippen molar-refractivity contribution in [1.82, 2.24) is 9.97 Å². The summed E-state index contributed by atoms with van der Waals surface area (Å²) in [6.07, 6.45) is -2.91. The minimum absolute atomic E-state index is 0.0533. The van der Waals surface area contributed by atoms with E-state index in [4.69, 9.17) is 4.74 Å². The second kappa shape index (κ2) is 9.02. The van der Waals surface area contributed by atoms with Gasteiger partial charge >= 0.3 is 6.18 Å². The molecule has 0 saturated heterocycles. The fourth-order valence-corrected chi connectivity index (χ4v) is 2.65. The van der Waals surface area contributed by atoms with E-state index in [0.717, 1.165) is 23.9 Å². The fraction of sp³-hybridized carbons (Fsp3) is 0.273. The second-order valence-electron chi connectivity index (χ2n) is 6.88. The zero-order valence-corrected chi connectivity index (χ0v) is 16.9. The number of rotatable bonds is 7. The number of nitrogens with zero attached hydrogens (tertiary/aromatic N) is 2. The Labute approximate surface area is 173 Å². The number of alkyl halides is 3. The van der Waals surface area contributed by atoms with Crippen molar-refractivity contribution in [1.29, 1.82) is 0 Å². The van der Waals surface area contributed by atoms with E-state index in [0.29, 0.717) is 11.4 Å². The van der Waals surface area contributed by atoms with Gasteiger partial charge in [0.05, 0.1) is 6.10 Å². The third kappa shape index (κ3) is 5.40. The quantitative estimate of drug-likeness (QED) is 0.462. The van der Waals surface area contributed by atoms with Gasteiger partial charge in [-0.15, -0.1) is 0 Å². The molecule has 3 rings (SSSR count). The maximum atomic E-state index is 13.5. The highest BCUT2D eigenvalue weighted by molar-refractivity contribution is 5.64. The zero-order valence-electron chi connectivity index (χ0n) is 16.9. The van der Waals surface area contributed by atoms with Crippen LogP contribution in [0.25, 0.3) is 0 Å². The number of aryl methyl sites for hydroxylation is 1. The topological polar surface area (TPSA) is 59.1 Å². The predicted octanol–water partition coefficient (Wildman–Crippen LogP) is 6.47. The number of anilines is 4. The first-order valence-corrected chi connectivity index (χ1v) is 9.57. The molecule has 0 fully saturated rings. The molecule has 0 aliphatic carbocycles. The smallest absolute Gasteiger partial charge is 0.421 e. The predicted molar refractivity (Wildman–Crippen MR) is 112 cm³/mol. The van der Waals surface area contributed by atoms with Gasteiger partial charge in [0.15, 0.2) is 0 Å². The molecule has 1 unspecified atom stereocenters. The van der Waals surface area contributed by atoms with Crippen LogP contribution in [0, 0.1) is 6.92 Å². The monoisotopic (exact) mass is 416 g/mol. The van der Waals surface area contributed by atoms with Crippen molar-refractivity contribution < 1.29 is 17.9 Å². The summed E-state index contributed by atoms with van der Waals surface area (Å²) in [5.41, 5.74) is 1.15. The van der Waals surface area contributed by atoms with Crippen LogP contribution in [0.15, 0.2) is 54.7 Å². The van der Waals surface area contributed by atoms with Gasteiger partial charge in [-0.1, -0.05) is 25.1 Å². The van der Waals surface area contributed by atoms with Gasteiger partial charge in [-0.3, -0.25) is 0 Å². The average molecular weight is 416 g/mol. The number of benzene rings is 2. The molecule has 1 aromatic heterocycles. The number of hydrogen-bond donors (Lipinski definition) is 2. The number of halogens is 3. The van der Waals surface area contributed by atoms with E-state index >= 15 is 0 Å². The minimum Gasteiger partial charge on any atom is -0.491 e. The van der Waals surface area contributed by atoms with Crippen LogP contribution in [0.3, 0.4) is 0 Å². The highest BCUT2D eigenvalue weighted by atomic mass is 19.4. The van der Waals surface area contributed by atoms with Gasteiger partial charge in [0.2, 0.25) is 5.95 Å². The van der Waals surface area contributed by atoms with E-state index in [1.54, 1.807) is 30.3 Å². The van der Waals surface area contributed by atoms with Crippen molar-refractivity contribution in [3.05, 3.63) is 65.9 Å². The van der Waals surface area contributed by atoms with E-state index in [9.17, 15) is 13.2 Å². The summed E-state index contributed by atoms with van der Waals surface area (Å²) in [5.74, 6) is 0.385. The molecule has 8 heteroatoms. The standard InChI is InChI=1S/C22H23F3N4O/c1-4-15(3)30-17-11-9-16(10-12-17)27-20-18(22(23,24)25)13-26-21(29-20)28-19-8-6-5-7-14(19)2/h5-13,15H,4H2,1-3H3,(H2,26,27,28,29). The van der Waals surface area contributed by atoms with Crippen molar-refractivity contribution in [2.45, 2.75) is 39.5 Å². The minimum atomic E-state index is -4.59. The number of para-hydroxylation sites is 1. The molecular formula is C22H23F3N4O. The molecule has 0 spiro atoms. The molecule has 0 saturated carbocycles. The molecule has 30 heavy (non-hydrogen) atoms. The Hall–Kier alpha value is -3.29. The summed E-state index contributed by atoms with van der Waals surface area (Å²) in [6.45, 7) is 5.84. The summed E-state index contributed by atoms with van der Waals surface area (Å²) >= 11 is 0. The van der Waals surface area contributed by atoms with Crippen molar-refractivity contribution in [2.75, 3.05) is 10.6 Å². The lowest BCUT2D eigenvalue weighted by atomic mass is 10.2. The first-order chi connectivity index (χ1) is 14.3. The maximum Gasteiger partial charge on any atom is 0.421 e. The van der Waals surface area contributed by atoms with Crippen LogP contribution in [0.2, 0.25) is 0 Å². The summed E-state index contributed by atoms with van der Waals surface area (Å²) in [5, 5.41) is 5.71. The van der Waals surface area contributed by atoms with Crippen LogP contribution in [-0.4, -0.2) is 16.1 Å².